The second kappa shape index (κ2) is 5.17. The summed E-state index contributed by atoms with van der Waals surface area (Å²) < 4.78 is 4.61. The van der Waals surface area contributed by atoms with Crippen molar-refractivity contribution in [1.29, 1.82) is 5.26 Å². The van der Waals surface area contributed by atoms with Crippen LogP contribution in [0.25, 0.3) is 0 Å². The molecule has 84 valence electrons. The van der Waals surface area contributed by atoms with E-state index in [0.29, 0.717) is 11.3 Å². The Morgan fingerprint density at radius 1 is 1.56 bits per heavy atom. The smallest absolute Gasteiger partial charge is 0.327 e. The van der Waals surface area contributed by atoms with Gasteiger partial charge in [0.2, 0.25) is 0 Å². The highest BCUT2D eigenvalue weighted by Crippen LogP contribution is 2.20. The molecule has 1 aromatic rings. The van der Waals surface area contributed by atoms with Gasteiger partial charge < -0.3 is 10.1 Å². The van der Waals surface area contributed by atoms with Crippen LogP contribution in [0.4, 0.5) is 5.69 Å². The Hall–Kier alpha value is -2.02. The Bertz CT molecular complexity index is 435. The molecule has 0 aliphatic carbocycles. The van der Waals surface area contributed by atoms with Crippen molar-refractivity contribution >= 4 is 11.7 Å². The maximum Gasteiger partial charge on any atom is 0.327 e. The summed E-state index contributed by atoms with van der Waals surface area (Å²) in [6.07, 6.45) is 0. The summed E-state index contributed by atoms with van der Waals surface area (Å²) in [5, 5.41) is 11.9. The number of carbonyl (C=O) groups is 1. The summed E-state index contributed by atoms with van der Waals surface area (Å²) in [4.78, 5) is 11.3. The number of rotatable bonds is 3. The number of para-hydroxylation sites is 1. The number of hydrogen-bond donors (Lipinski definition) is 1. The first-order valence-electron chi connectivity index (χ1n) is 4.94. The van der Waals surface area contributed by atoms with Crippen LogP contribution in [0.1, 0.15) is 18.1 Å². The lowest BCUT2D eigenvalue weighted by Crippen LogP contribution is -2.27. The van der Waals surface area contributed by atoms with Crippen LogP contribution >= 0.6 is 0 Å². The predicted octanol–water partition coefficient (Wildman–Crippen LogP) is 1.84. The van der Waals surface area contributed by atoms with E-state index in [1.807, 2.05) is 19.1 Å². The van der Waals surface area contributed by atoms with E-state index in [2.05, 4.69) is 16.1 Å². The zero-order valence-corrected chi connectivity index (χ0v) is 9.57. The molecule has 1 rings (SSSR count). The molecule has 1 unspecified atom stereocenters. The number of carbonyl (C=O) groups excluding carboxylic acids is 1. The molecule has 1 aromatic carbocycles. The molecule has 0 saturated carbocycles. The molecule has 0 heterocycles. The van der Waals surface area contributed by atoms with Crippen LogP contribution in [0.3, 0.4) is 0 Å². The van der Waals surface area contributed by atoms with Crippen molar-refractivity contribution in [2.45, 2.75) is 19.9 Å². The minimum absolute atomic E-state index is 0.354. The number of nitrogens with one attached hydrogen (secondary N) is 1. The van der Waals surface area contributed by atoms with Gasteiger partial charge in [0, 0.05) is 0 Å². The normalized spacial score (nSPS) is 11.4. The third-order valence-electron chi connectivity index (χ3n) is 2.31. The van der Waals surface area contributed by atoms with Crippen LogP contribution in [0.2, 0.25) is 0 Å². The molecule has 16 heavy (non-hydrogen) atoms. The van der Waals surface area contributed by atoms with E-state index in [1.54, 1.807) is 13.0 Å². The zero-order chi connectivity index (χ0) is 12.1. The summed E-state index contributed by atoms with van der Waals surface area (Å²) in [7, 11) is 1.34. The Morgan fingerprint density at radius 2 is 2.25 bits per heavy atom. The Balaban J connectivity index is 2.97. The highest BCUT2D eigenvalue weighted by Gasteiger charge is 2.15. The molecule has 0 aromatic heterocycles. The maximum absolute atomic E-state index is 11.3. The molecule has 1 N–H and O–H groups in total. The second-order valence-electron chi connectivity index (χ2n) is 3.50. The third kappa shape index (κ3) is 2.51. The molecule has 0 fully saturated rings. The topological polar surface area (TPSA) is 62.1 Å². The molecule has 4 nitrogen and oxygen atoms in total. The molecule has 0 radical (unpaired) electrons. The number of anilines is 1. The number of ether oxygens (including phenoxy) is 1. The Morgan fingerprint density at radius 3 is 2.81 bits per heavy atom. The van der Waals surface area contributed by atoms with Gasteiger partial charge in [-0.3, -0.25) is 0 Å². The fourth-order valence-corrected chi connectivity index (χ4v) is 1.40. The van der Waals surface area contributed by atoms with Gasteiger partial charge in [0.25, 0.3) is 0 Å². The SMILES string of the molecule is COC(=O)C(C)Nc1c(C)cccc1C#N. The molecule has 0 aliphatic heterocycles. The summed E-state index contributed by atoms with van der Waals surface area (Å²) in [6, 6.07) is 7.01. The summed E-state index contributed by atoms with van der Waals surface area (Å²) in [6.45, 7) is 3.58. The van der Waals surface area contributed by atoms with Crippen molar-refractivity contribution in [3.63, 3.8) is 0 Å². The number of methoxy groups -OCH3 is 1. The van der Waals surface area contributed by atoms with Gasteiger partial charge >= 0.3 is 5.97 Å². The molecule has 0 saturated heterocycles. The average molecular weight is 218 g/mol. The van der Waals surface area contributed by atoms with Gasteiger partial charge in [0.1, 0.15) is 12.1 Å². The quantitative estimate of drug-likeness (QED) is 0.786. The predicted molar refractivity (Wildman–Crippen MR) is 61.0 cm³/mol. The minimum atomic E-state index is -0.474. The molecule has 0 aliphatic rings. The second-order valence-corrected chi connectivity index (χ2v) is 3.50. The number of hydrogen-bond acceptors (Lipinski definition) is 4. The van der Waals surface area contributed by atoms with Gasteiger partial charge in [-0.15, -0.1) is 0 Å². The van der Waals surface area contributed by atoms with E-state index >= 15 is 0 Å². The fourth-order valence-electron chi connectivity index (χ4n) is 1.40. The molecule has 4 heteroatoms. The monoisotopic (exact) mass is 218 g/mol. The lowest BCUT2D eigenvalue weighted by Gasteiger charge is -2.15. The molecular formula is C12H14N2O2. The van der Waals surface area contributed by atoms with Crippen LogP contribution < -0.4 is 5.32 Å². The third-order valence-corrected chi connectivity index (χ3v) is 2.31. The zero-order valence-electron chi connectivity index (χ0n) is 9.57. The molecule has 1 atom stereocenters. The van der Waals surface area contributed by atoms with Crippen molar-refractivity contribution < 1.29 is 9.53 Å². The fraction of sp³-hybridized carbons (Fsp3) is 0.333. The van der Waals surface area contributed by atoms with Crippen molar-refractivity contribution in [3.05, 3.63) is 29.3 Å². The standard InChI is InChI=1S/C12H14N2O2/c1-8-5-4-6-10(7-13)11(8)14-9(2)12(15)16-3/h4-6,9,14H,1-3H3. The van der Waals surface area contributed by atoms with Crippen LogP contribution in [-0.2, 0) is 9.53 Å². The van der Waals surface area contributed by atoms with Crippen LogP contribution in [0.15, 0.2) is 18.2 Å². The van der Waals surface area contributed by atoms with Gasteiger partial charge in [-0.25, -0.2) is 4.79 Å². The van der Waals surface area contributed by atoms with Crippen LogP contribution in [0.5, 0.6) is 0 Å². The number of nitrogens with zero attached hydrogens (tertiary/aromatic N) is 1. The van der Waals surface area contributed by atoms with Gasteiger partial charge in [-0.2, -0.15) is 5.26 Å². The van der Waals surface area contributed by atoms with Crippen molar-refractivity contribution in [1.82, 2.24) is 0 Å². The maximum atomic E-state index is 11.3. The van der Waals surface area contributed by atoms with Crippen molar-refractivity contribution in [2.75, 3.05) is 12.4 Å². The summed E-state index contributed by atoms with van der Waals surface area (Å²) >= 11 is 0. The lowest BCUT2D eigenvalue weighted by atomic mass is 10.1. The molecule has 0 spiro atoms. The van der Waals surface area contributed by atoms with Gasteiger partial charge in [-0.1, -0.05) is 12.1 Å². The highest BCUT2D eigenvalue weighted by atomic mass is 16.5. The average Bonchev–Trinajstić information content (AvgIpc) is 2.30. The van der Waals surface area contributed by atoms with E-state index in [0.717, 1.165) is 5.56 Å². The van der Waals surface area contributed by atoms with E-state index in [-0.39, 0.29) is 5.97 Å². The highest BCUT2D eigenvalue weighted by molar-refractivity contribution is 5.80. The molecule has 0 amide bonds. The van der Waals surface area contributed by atoms with Gasteiger partial charge in [0.15, 0.2) is 0 Å². The first-order chi connectivity index (χ1) is 7.60. The first-order valence-corrected chi connectivity index (χ1v) is 4.94. The van der Waals surface area contributed by atoms with Gasteiger partial charge in [-0.05, 0) is 25.5 Å². The van der Waals surface area contributed by atoms with E-state index in [9.17, 15) is 4.79 Å². The van der Waals surface area contributed by atoms with Crippen molar-refractivity contribution in [3.8, 4) is 6.07 Å². The van der Waals surface area contributed by atoms with E-state index in [4.69, 9.17) is 5.26 Å². The number of aryl methyl sites for hydroxylation is 1. The van der Waals surface area contributed by atoms with Gasteiger partial charge in [0.05, 0.1) is 18.4 Å². The van der Waals surface area contributed by atoms with Crippen molar-refractivity contribution in [2.24, 2.45) is 0 Å². The Kier molecular flexibility index (Phi) is 3.90. The lowest BCUT2D eigenvalue weighted by molar-refractivity contribution is -0.141. The van der Waals surface area contributed by atoms with E-state index < -0.39 is 6.04 Å². The Labute approximate surface area is 94.8 Å². The summed E-state index contributed by atoms with van der Waals surface area (Å²) in [5.74, 6) is -0.354. The van der Waals surface area contributed by atoms with E-state index in [1.165, 1.54) is 7.11 Å². The minimum Gasteiger partial charge on any atom is -0.467 e. The molecule has 0 bridgehead atoms. The number of esters is 1. The largest absolute Gasteiger partial charge is 0.467 e. The number of nitriles is 1. The first kappa shape index (κ1) is 12.1. The number of benzene rings is 1. The summed E-state index contributed by atoms with van der Waals surface area (Å²) in [5.41, 5.74) is 2.13. The van der Waals surface area contributed by atoms with Crippen LogP contribution in [-0.4, -0.2) is 19.1 Å². The van der Waals surface area contributed by atoms with Crippen LogP contribution in [0, 0.1) is 18.3 Å². The molecular weight excluding hydrogens is 204 g/mol.